The number of aryl methyl sites for hydroxylation is 2. The fourth-order valence-electron chi connectivity index (χ4n) is 4.35. The van der Waals surface area contributed by atoms with E-state index in [4.69, 9.17) is 11.6 Å². The molecule has 0 bridgehead atoms. The highest BCUT2D eigenvalue weighted by Gasteiger charge is 2.34. The summed E-state index contributed by atoms with van der Waals surface area (Å²) in [6, 6.07) is 15.8. The third-order valence-corrected chi connectivity index (χ3v) is 8.99. The van der Waals surface area contributed by atoms with Crippen molar-refractivity contribution >= 4 is 39.1 Å². The number of carbonyl (C=O) groups excluding carboxylic acids is 2. The molecule has 0 spiro atoms. The van der Waals surface area contributed by atoms with E-state index in [1.807, 2.05) is 20.8 Å². The number of sulfonamides is 1. The first-order valence-corrected chi connectivity index (χ1v) is 15.4. The minimum absolute atomic E-state index is 0.0154. The zero-order valence-electron chi connectivity index (χ0n) is 24.0. The van der Waals surface area contributed by atoms with E-state index in [0.717, 1.165) is 9.87 Å². The van der Waals surface area contributed by atoms with E-state index in [1.165, 1.54) is 47.4 Å². The standard InChI is InChI=1S/C31H37ClFN3O4S/c1-6-23(5)34-31(38)28(7-2)35(19-24-11-14-26(33)15-12-24)30(37)20-36(29-18-25(32)13-10-22(29)4)41(39,40)27-16-8-21(3)9-17-27/h8-18,23,28H,6-7,19-20H2,1-5H3,(H,34,38)/t23-,28+/m1/s1. The predicted molar refractivity (Wildman–Crippen MR) is 161 cm³/mol. The van der Waals surface area contributed by atoms with Crippen LogP contribution in [0.25, 0.3) is 0 Å². The number of hydrogen-bond acceptors (Lipinski definition) is 4. The van der Waals surface area contributed by atoms with Crippen molar-refractivity contribution in [2.24, 2.45) is 0 Å². The topological polar surface area (TPSA) is 86.8 Å². The minimum atomic E-state index is -4.22. The van der Waals surface area contributed by atoms with Gasteiger partial charge >= 0.3 is 0 Å². The molecule has 0 unspecified atom stereocenters. The molecule has 2 amide bonds. The number of rotatable bonds is 12. The molecule has 0 aromatic heterocycles. The van der Waals surface area contributed by atoms with Crippen LogP contribution in [0.5, 0.6) is 0 Å². The maximum absolute atomic E-state index is 14.1. The second-order valence-corrected chi connectivity index (χ2v) is 12.4. The van der Waals surface area contributed by atoms with Crippen molar-refractivity contribution in [2.75, 3.05) is 10.8 Å². The lowest BCUT2D eigenvalue weighted by Gasteiger charge is -2.34. The van der Waals surface area contributed by atoms with Gasteiger partial charge in [0.15, 0.2) is 0 Å². The maximum Gasteiger partial charge on any atom is 0.264 e. The van der Waals surface area contributed by atoms with Gasteiger partial charge in [-0.05, 0) is 81.1 Å². The highest BCUT2D eigenvalue weighted by molar-refractivity contribution is 7.92. The van der Waals surface area contributed by atoms with Crippen LogP contribution < -0.4 is 9.62 Å². The van der Waals surface area contributed by atoms with Gasteiger partial charge in [-0.3, -0.25) is 13.9 Å². The van der Waals surface area contributed by atoms with Gasteiger partial charge in [-0.25, -0.2) is 12.8 Å². The normalized spacial score (nSPS) is 12.9. The molecule has 0 heterocycles. The first kappa shape index (κ1) is 32.1. The summed E-state index contributed by atoms with van der Waals surface area (Å²) in [5.41, 5.74) is 2.34. The van der Waals surface area contributed by atoms with Crippen LogP contribution in [0.15, 0.2) is 71.6 Å². The molecule has 41 heavy (non-hydrogen) atoms. The Morgan fingerprint density at radius 1 is 0.951 bits per heavy atom. The van der Waals surface area contributed by atoms with E-state index >= 15 is 0 Å². The van der Waals surface area contributed by atoms with Crippen molar-refractivity contribution < 1.29 is 22.4 Å². The van der Waals surface area contributed by atoms with Crippen molar-refractivity contribution in [1.29, 1.82) is 0 Å². The van der Waals surface area contributed by atoms with Crippen molar-refractivity contribution in [3.05, 3.63) is 94.3 Å². The molecular formula is C31H37ClFN3O4S. The molecule has 0 aliphatic rings. The largest absolute Gasteiger partial charge is 0.352 e. The summed E-state index contributed by atoms with van der Waals surface area (Å²) in [4.78, 5) is 28.8. The molecule has 0 radical (unpaired) electrons. The van der Waals surface area contributed by atoms with Gasteiger partial charge in [0.05, 0.1) is 10.6 Å². The van der Waals surface area contributed by atoms with Crippen LogP contribution in [-0.2, 0) is 26.2 Å². The van der Waals surface area contributed by atoms with Gasteiger partial charge in [-0.1, -0.05) is 61.3 Å². The van der Waals surface area contributed by atoms with Crippen LogP contribution in [0.1, 0.15) is 50.3 Å². The second kappa shape index (κ2) is 14.0. The molecule has 0 saturated carbocycles. The Kier molecular flexibility index (Phi) is 10.9. The molecule has 7 nitrogen and oxygen atoms in total. The molecular weight excluding hydrogens is 565 g/mol. The highest BCUT2D eigenvalue weighted by atomic mass is 35.5. The van der Waals surface area contributed by atoms with Crippen LogP contribution in [0.2, 0.25) is 5.02 Å². The molecule has 0 aliphatic carbocycles. The van der Waals surface area contributed by atoms with Crippen LogP contribution in [0.4, 0.5) is 10.1 Å². The van der Waals surface area contributed by atoms with Gasteiger partial charge in [-0.15, -0.1) is 0 Å². The molecule has 1 N–H and O–H groups in total. The van der Waals surface area contributed by atoms with E-state index in [-0.39, 0.29) is 35.5 Å². The van der Waals surface area contributed by atoms with Gasteiger partial charge in [0, 0.05) is 17.6 Å². The molecule has 3 aromatic rings. The Morgan fingerprint density at radius 3 is 2.17 bits per heavy atom. The number of nitrogens with zero attached hydrogens (tertiary/aromatic N) is 2. The number of anilines is 1. The minimum Gasteiger partial charge on any atom is -0.352 e. The molecule has 0 aliphatic heterocycles. The Bertz CT molecular complexity index is 1460. The molecule has 3 aromatic carbocycles. The summed E-state index contributed by atoms with van der Waals surface area (Å²) in [5, 5.41) is 3.24. The van der Waals surface area contributed by atoms with Gasteiger partial charge in [0.2, 0.25) is 11.8 Å². The van der Waals surface area contributed by atoms with E-state index in [1.54, 1.807) is 38.1 Å². The maximum atomic E-state index is 14.1. The number of hydrogen-bond donors (Lipinski definition) is 1. The predicted octanol–water partition coefficient (Wildman–Crippen LogP) is 6.01. The molecule has 0 saturated heterocycles. The molecule has 0 fully saturated rings. The van der Waals surface area contributed by atoms with Crippen LogP contribution in [0.3, 0.4) is 0 Å². The highest BCUT2D eigenvalue weighted by Crippen LogP contribution is 2.30. The summed E-state index contributed by atoms with van der Waals surface area (Å²) >= 11 is 6.27. The number of benzene rings is 3. The lowest BCUT2D eigenvalue weighted by molar-refractivity contribution is -0.140. The van der Waals surface area contributed by atoms with Crippen LogP contribution in [-0.4, -0.2) is 43.8 Å². The number of amides is 2. The van der Waals surface area contributed by atoms with Crippen molar-refractivity contribution in [3.63, 3.8) is 0 Å². The smallest absolute Gasteiger partial charge is 0.264 e. The quantitative estimate of drug-likeness (QED) is 0.275. The average Bonchev–Trinajstić information content (AvgIpc) is 2.94. The zero-order valence-corrected chi connectivity index (χ0v) is 25.6. The SMILES string of the molecule is CC[C@@H](C)NC(=O)[C@H](CC)N(Cc1ccc(F)cc1)C(=O)CN(c1cc(Cl)ccc1C)S(=O)(=O)c1ccc(C)cc1. The third kappa shape index (κ3) is 8.07. The monoisotopic (exact) mass is 601 g/mol. The summed E-state index contributed by atoms with van der Waals surface area (Å²) in [6.07, 6.45) is 0.987. The summed E-state index contributed by atoms with van der Waals surface area (Å²) in [5.74, 6) is -1.36. The molecule has 220 valence electrons. The van der Waals surface area contributed by atoms with E-state index in [2.05, 4.69) is 5.32 Å². The first-order valence-electron chi connectivity index (χ1n) is 13.6. The first-order chi connectivity index (χ1) is 19.4. The lowest BCUT2D eigenvalue weighted by atomic mass is 10.1. The Labute approximate surface area is 247 Å². The Hall–Kier alpha value is -3.43. The fraction of sp³-hybridized carbons (Fsp3) is 0.355. The lowest BCUT2D eigenvalue weighted by Crippen LogP contribution is -2.53. The third-order valence-electron chi connectivity index (χ3n) is 6.98. The van der Waals surface area contributed by atoms with Gasteiger partial charge in [-0.2, -0.15) is 0 Å². The van der Waals surface area contributed by atoms with Gasteiger partial charge in [0.1, 0.15) is 18.4 Å². The molecule has 2 atom stereocenters. The fourth-order valence-corrected chi connectivity index (χ4v) is 5.99. The molecule has 3 rings (SSSR count). The second-order valence-electron chi connectivity index (χ2n) is 10.1. The van der Waals surface area contributed by atoms with Gasteiger partial charge < -0.3 is 10.2 Å². The summed E-state index contributed by atoms with van der Waals surface area (Å²) < 4.78 is 42.7. The Balaban J connectivity index is 2.10. The number of halogens is 2. The van der Waals surface area contributed by atoms with Crippen molar-refractivity contribution in [1.82, 2.24) is 10.2 Å². The van der Waals surface area contributed by atoms with Crippen molar-refractivity contribution in [3.8, 4) is 0 Å². The molecule has 10 heteroatoms. The number of carbonyl (C=O) groups is 2. The number of nitrogens with one attached hydrogen (secondary N) is 1. The van der Waals surface area contributed by atoms with Crippen LogP contribution in [0, 0.1) is 19.7 Å². The average molecular weight is 602 g/mol. The summed E-state index contributed by atoms with van der Waals surface area (Å²) in [7, 11) is -4.22. The summed E-state index contributed by atoms with van der Waals surface area (Å²) in [6.45, 7) is 8.58. The zero-order chi connectivity index (χ0) is 30.3. The van der Waals surface area contributed by atoms with Crippen LogP contribution >= 0.6 is 11.6 Å². The van der Waals surface area contributed by atoms with Gasteiger partial charge in [0.25, 0.3) is 10.0 Å². The Morgan fingerprint density at radius 2 is 1.59 bits per heavy atom. The van der Waals surface area contributed by atoms with E-state index in [9.17, 15) is 22.4 Å². The van der Waals surface area contributed by atoms with Crippen molar-refractivity contribution in [2.45, 2.75) is 71.0 Å². The van der Waals surface area contributed by atoms with E-state index in [0.29, 0.717) is 22.6 Å². The van der Waals surface area contributed by atoms with E-state index < -0.39 is 34.3 Å².